The van der Waals surface area contributed by atoms with Crippen LogP contribution >= 0.6 is 15.9 Å². The summed E-state index contributed by atoms with van der Waals surface area (Å²) in [4.78, 5) is 0. The number of piperidine rings is 1. The fourth-order valence-corrected chi connectivity index (χ4v) is 3.28. The van der Waals surface area contributed by atoms with E-state index in [1.807, 2.05) is 11.7 Å². The molecule has 1 aromatic carbocycles. The lowest BCUT2D eigenvalue weighted by atomic mass is 9.95. The molecule has 20 heavy (non-hydrogen) atoms. The van der Waals surface area contributed by atoms with Gasteiger partial charge in [0.1, 0.15) is 0 Å². The second-order valence-electron chi connectivity index (χ2n) is 5.58. The number of benzene rings is 1. The summed E-state index contributed by atoms with van der Waals surface area (Å²) in [5.41, 5.74) is 4.95. The standard InChI is InChI=1S/C16H20BrN3/c1-11-5-6-13(17)8-14(11)16-9-15(19-20(16)2)12-4-3-7-18-10-12/h5-6,8-9,12,18H,3-4,7,10H2,1-2H3. The highest BCUT2D eigenvalue weighted by Gasteiger charge is 2.20. The van der Waals surface area contributed by atoms with Crippen molar-refractivity contribution in [1.82, 2.24) is 15.1 Å². The van der Waals surface area contributed by atoms with E-state index in [2.05, 4.69) is 52.4 Å². The lowest BCUT2D eigenvalue weighted by Crippen LogP contribution is -2.28. The zero-order valence-corrected chi connectivity index (χ0v) is 13.6. The number of hydrogen-bond acceptors (Lipinski definition) is 2. The van der Waals surface area contributed by atoms with E-state index in [1.165, 1.54) is 35.4 Å². The van der Waals surface area contributed by atoms with Crippen molar-refractivity contribution in [2.24, 2.45) is 7.05 Å². The fraction of sp³-hybridized carbons (Fsp3) is 0.438. The average Bonchev–Trinajstić information content (AvgIpc) is 2.84. The highest BCUT2D eigenvalue weighted by Crippen LogP contribution is 2.30. The molecule has 1 aromatic heterocycles. The van der Waals surface area contributed by atoms with Gasteiger partial charge in [-0.25, -0.2) is 0 Å². The first-order valence-electron chi connectivity index (χ1n) is 7.16. The minimum atomic E-state index is 0.552. The van der Waals surface area contributed by atoms with Crippen molar-refractivity contribution in [3.63, 3.8) is 0 Å². The Bertz CT molecular complexity index is 612. The monoisotopic (exact) mass is 333 g/mol. The smallest absolute Gasteiger partial charge is 0.0684 e. The van der Waals surface area contributed by atoms with Crippen molar-refractivity contribution in [3.8, 4) is 11.3 Å². The molecule has 1 N–H and O–H groups in total. The molecule has 2 heterocycles. The van der Waals surface area contributed by atoms with Crippen molar-refractivity contribution >= 4 is 15.9 Å². The van der Waals surface area contributed by atoms with Gasteiger partial charge in [-0.3, -0.25) is 4.68 Å². The van der Waals surface area contributed by atoms with E-state index in [0.29, 0.717) is 5.92 Å². The molecule has 1 saturated heterocycles. The third-order valence-corrected chi connectivity index (χ3v) is 4.58. The minimum absolute atomic E-state index is 0.552. The Morgan fingerprint density at radius 1 is 1.35 bits per heavy atom. The van der Waals surface area contributed by atoms with E-state index in [-0.39, 0.29) is 0 Å². The SMILES string of the molecule is Cc1ccc(Br)cc1-c1cc(C2CCCNC2)nn1C. The van der Waals surface area contributed by atoms with Gasteiger partial charge >= 0.3 is 0 Å². The molecule has 4 heteroatoms. The van der Waals surface area contributed by atoms with Gasteiger partial charge in [0.25, 0.3) is 0 Å². The maximum atomic E-state index is 4.74. The first kappa shape index (κ1) is 13.8. The molecular formula is C16H20BrN3. The van der Waals surface area contributed by atoms with Crippen LogP contribution in [0.15, 0.2) is 28.7 Å². The molecular weight excluding hydrogens is 314 g/mol. The lowest BCUT2D eigenvalue weighted by Gasteiger charge is -2.20. The number of aryl methyl sites for hydroxylation is 2. The molecule has 3 nitrogen and oxygen atoms in total. The molecule has 106 valence electrons. The summed E-state index contributed by atoms with van der Waals surface area (Å²) in [5.74, 6) is 0.552. The van der Waals surface area contributed by atoms with Crippen LogP contribution < -0.4 is 5.32 Å². The summed E-state index contributed by atoms with van der Waals surface area (Å²) in [5, 5.41) is 8.21. The predicted octanol–water partition coefficient (Wildman–Crippen LogP) is 3.63. The van der Waals surface area contributed by atoms with E-state index in [9.17, 15) is 0 Å². The van der Waals surface area contributed by atoms with Crippen molar-refractivity contribution in [3.05, 3.63) is 40.0 Å². The zero-order chi connectivity index (χ0) is 14.1. The van der Waals surface area contributed by atoms with Gasteiger partial charge in [0, 0.05) is 29.5 Å². The van der Waals surface area contributed by atoms with Crippen LogP contribution in [0.25, 0.3) is 11.3 Å². The van der Waals surface area contributed by atoms with Crippen LogP contribution in [0.1, 0.15) is 30.0 Å². The molecule has 0 spiro atoms. The Hall–Kier alpha value is -1.13. The molecule has 1 unspecified atom stereocenters. The third kappa shape index (κ3) is 2.67. The van der Waals surface area contributed by atoms with Crippen LogP contribution in [0, 0.1) is 6.92 Å². The maximum absolute atomic E-state index is 4.74. The molecule has 3 rings (SSSR count). The molecule has 2 aromatic rings. The fourth-order valence-electron chi connectivity index (χ4n) is 2.92. The van der Waals surface area contributed by atoms with Crippen LogP contribution in [0.3, 0.4) is 0 Å². The number of rotatable bonds is 2. The van der Waals surface area contributed by atoms with Crippen LogP contribution in [-0.4, -0.2) is 22.9 Å². The number of nitrogens with one attached hydrogen (secondary N) is 1. The maximum Gasteiger partial charge on any atom is 0.0684 e. The van der Waals surface area contributed by atoms with Crippen LogP contribution in [0.4, 0.5) is 0 Å². The quantitative estimate of drug-likeness (QED) is 0.909. The van der Waals surface area contributed by atoms with Crippen LogP contribution in [0.5, 0.6) is 0 Å². The topological polar surface area (TPSA) is 29.9 Å². The molecule has 1 atom stereocenters. The van der Waals surface area contributed by atoms with Gasteiger partial charge in [-0.1, -0.05) is 22.0 Å². The van der Waals surface area contributed by atoms with E-state index < -0.39 is 0 Å². The van der Waals surface area contributed by atoms with Gasteiger partial charge < -0.3 is 5.32 Å². The number of halogens is 1. The highest BCUT2D eigenvalue weighted by atomic mass is 79.9. The first-order chi connectivity index (χ1) is 9.65. The van der Waals surface area contributed by atoms with Crippen molar-refractivity contribution in [2.45, 2.75) is 25.7 Å². The summed E-state index contributed by atoms with van der Waals surface area (Å²) in [7, 11) is 2.04. The summed E-state index contributed by atoms with van der Waals surface area (Å²) in [6.45, 7) is 4.34. The van der Waals surface area contributed by atoms with Crippen molar-refractivity contribution in [1.29, 1.82) is 0 Å². The molecule has 1 aliphatic rings. The Labute approximate surface area is 128 Å². The van der Waals surface area contributed by atoms with Gasteiger partial charge in [0.2, 0.25) is 0 Å². The molecule has 1 aliphatic heterocycles. The minimum Gasteiger partial charge on any atom is -0.316 e. The van der Waals surface area contributed by atoms with Gasteiger partial charge in [-0.2, -0.15) is 5.10 Å². The molecule has 0 amide bonds. The van der Waals surface area contributed by atoms with Gasteiger partial charge in [-0.15, -0.1) is 0 Å². The summed E-state index contributed by atoms with van der Waals surface area (Å²) < 4.78 is 3.12. The second kappa shape index (κ2) is 5.70. The highest BCUT2D eigenvalue weighted by molar-refractivity contribution is 9.10. The molecule has 0 radical (unpaired) electrons. The summed E-state index contributed by atoms with van der Waals surface area (Å²) in [6.07, 6.45) is 2.48. The normalized spacial score (nSPS) is 19.2. The number of hydrogen-bond donors (Lipinski definition) is 1. The predicted molar refractivity (Wildman–Crippen MR) is 85.9 cm³/mol. The largest absolute Gasteiger partial charge is 0.316 e. The lowest BCUT2D eigenvalue weighted by molar-refractivity contribution is 0.451. The van der Waals surface area contributed by atoms with E-state index >= 15 is 0 Å². The van der Waals surface area contributed by atoms with Crippen molar-refractivity contribution in [2.75, 3.05) is 13.1 Å². The Morgan fingerprint density at radius 2 is 2.20 bits per heavy atom. The van der Waals surface area contributed by atoms with Crippen LogP contribution in [0.2, 0.25) is 0 Å². The van der Waals surface area contributed by atoms with Gasteiger partial charge in [-0.05, 0) is 50.1 Å². The Balaban J connectivity index is 1.98. The van der Waals surface area contributed by atoms with Crippen LogP contribution in [-0.2, 0) is 7.05 Å². The molecule has 0 bridgehead atoms. The third-order valence-electron chi connectivity index (χ3n) is 4.09. The average molecular weight is 334 g/mol. The molecule has 0 saturated carbocycles. The summed E-state index contributed by atoms with van der Waals surface area (Å²) in [6, 6.07) is 8.66. The van der Waals surface area contributed by atoms with Gasteiger partial charge in [0.15, 0.2) is 0 Å². The summed E-state index contributed by atoms with van der Waals surface area (Å²) >= 11 is 3.56. The van der Waals surface area contributed by atoms with E-state index in [1.54, 1.807) is 0 Å². The molecule has 1 fully saturated rings. The zero-order valence-electron chi connectivity index (χ0n) is 12.0. The van der Waals surface area contributed by atoms with E-state index in [4.69, 9.17) is 5.10 Å². The Morgan fingerprint density at radius 3 is 2.95 bits per heavy atom. The number of aromatic nitrogens is 2. The van der Waals surface area contributed by atoms with Crippen molar-refractivity contribution < 1.29 is 0 Å². The van der Waals surface area contributed by atoms with E-state index in [0.717, 1.165) is 17.6 Å². The second-order valence-corrected chi connectivity index (χ2v) is 6.50. The molecule has 0 aliphatic carbocycles. The van der Waals surface area contributed by atoms with Gasteiger partial charge in [0.05, 0.1) is 11.4 Å². The number of nitrogens with zero attached hydrogens (tertiary/aromatic N) is 2. The Kier molecular flexibility index (Phi) is 3.94. The first-order valence-corrected chi connectivity index (χ1v) is 7.95.